The van der Waals surface area contributed by atoms with Gasteiger partial charge in [0.05, 0.1) is 0 Å². The molecule has 5 heteroatoms. The van der Waals surface area contributed by atoms with Crippen LogP contribution < -0.4 is 0 Å². The Morgan fingerprint density at radius 2 is 2.08 bits per heavy atom. The first-order valence-electron chi connectivity index (χ1n) is 3.87. The Labute approximate surface area is 74.8 Å². The lowest BCUT2D eigenvalue weighted by atomic mass is 10.2. The molecule has 2 aromatic heterocycles. The minimum Gasteiger partial charge on any atom is -0.340 e. The van der Waals surface area contributed by atoms with Gasteiger partial charge in [0.1, 0.15) is 6.33 Å². The predicted octanol–water partition coefficient (Wildman–Crippen LogP) is 0.759. The van der Waals surface area contributed by atoms with Crippen molar-refractivity contribution in [3.8, 4) is 0 Å². The molecule has 0 aliphatic carbocycles. The topological polar surface area (TPSA) is 64.7 Å². The highest BCUT2D eigenvalue weighted by atomic mass is 16.5. The zero-order valence-electron chi connectivity index (χ0n) is 7.14. The van der Waals surface area contributed by atoms with Gasteiger partial charge in [0, 0.05) is 25.7 Å². The third-order valence-electron chi connectivity index (χ3n) is 1.55. The van der Waals surface area contributed by atoms with Crippen molar-refractivity contribution in [2.75, 3.05) is 0 Å². The molecule has 0 saturated carbocycles. The largest absolute Gasteiger partial charge is 0.340 e. The summed E-state index contributed by atoms with van der Waals surface area (Å²) in [6, 6.07) is 0. The molecule has 0 spiro atoms. The summed E-state index contributed by atoms with van der Waals surface area (Å²) in [6.07, 6.45) is 5.57. The van der Waals surface area contributed by atoms with Crippen LogP contribution >= 0.6 is 0 Å². The highest BCUT2D eigenvalue weighted by Gasteiger charge is 2.02. The van der Waals surface area contributed by atoms with Gasteiger partial charge in [-0.3, -0.25) is 0 Å². The zero-order valence-corrected chi connectivity index (χ0v) is 7.14. The van der Waals surface area contributed by atoms with E-state index in [0.29, 0.717) is 18.1 Å². The van der Waals surface area contributed by atoms with Gasteiger partial charge in [0.25, 0.3) is 0 Å². The van der Waals surface area contributed by atoms with Crippen LogP contribution in [-0.4, -0.2) is 20.1 Å². The third kappa shape index (κ3) is 1.87. The Hall–Kier alpha value is -1.78. The Kier molecular flexibility index (Phi) is 1.99. The fourth-order valence-corrected chi connectivity index (χ4v) is 1.02. The minimum absolute atomic E-state index is 0.576. The maximum absolute atomic E-state index is 4.83. The van der Waals surface area contributed by atoms with E-state index in [1.807, 2.05) is 0 Å². The number of hydrogen-bond acceptors (Lipinski definition) is 5. The van der Waals surface area contributed by atoms with E-state index >= 15 is 0 Å². The molecule has 13 heavy (non-hydrogen) atoms. The van der Waals surface area contributed by atoms with E-state index in [2.05, 4.69) is 20.1 Å². The van der Waals surface area contributed by atoms with E-state index < -0.39 is 0 Å². The molecule has 0 aliphatic rings. The molecule has 0 aliphatic heterocycles. The number of hydrogen-bond donors (Lipinski definition) is 0. The average molecular weight is 176 g/mol. The van der Waals surface area contributed by atoms with Crippen LogP contribution in [0.2, 0.25) is 0 Å². The van der Waals surface area contributed by atoms with E-state index in [1.165, 1.54) is 6.33 Å². The fourth-order valence-electron chi connectivity index (χ4n) is 1.02. The van der Waals surface area contributed by atoms with E-state index in [9.17, 15) is 0 Å². The van der Waals surface area contributed by atoms with Gasteiger partial charge in [-0.2, -0.15) is 4.98 Å². The van der Waals surface area contributed by atoms with E-state index in [1.54, 1.807) is 19.3 Å². The average Bonchev–Trinajstić information content (AvgIpc) is 2.53. The number of rotatable bonds is 2. The van der Waals surface area contributed by atoms with Crippen molar-refractivity contribution >= 4 is 0 Å². The molecule has 0 unspecified atom stereocenters. The summed E-state index contributed by atoms with van der Waals surface area (Å²) in [6.45, 7) is 1.76. The normalized spacial score (nSPS) is 10.2. The van der Waals surface area contributed by atoms with Crippen LogP contribution in [-0.2, 0) is 6.42 Å². The summed E-state index contributed by atoms with van der Waals surface area (Å²) in [5.74, 6) is 1.24. The van der Waals surface area contributed by atoms with Crippen LogP contribution in [0.25, 0.3) is 0 Å². The van der Waals surface area contributed by atoms with Crippen molar-refractivity contribution in [2.45, 2.75) is 13.3 Å². The van der Waals surface area contributed by atoms with Gasteiger partial charge in [0.2, 0.25) is 5.89 Å². The molecule has 66 valence electrons. The summed E-state index contributed by atoms with van der Waals surface area (Å²) in [4.78, 5) is 11.9. The van der Waals surface area contributed by atoms with Crippen molar-refractivity contribution in [3.05, 3.63) is 36.0 Å². The summed E-state index contributed by atoms with van der Waals surface area (Å²) in [5.41, 5.74) is 0.975. The lowest BCUT2D eigenvalue weighted by Crippen LogP contribution is -1.92. The van der Waals surface area contributed by atoms with Crippen LogP contribution in [0, 0.1) is 6.92 Å². The van der Waals surface area contributed by atoms with Gasteiger partial charge in [-0.05, 0) is 5.56 Å². The summed E-state index contributed by atoms with van der Waals surface area (Å²) >= 11 is 0. The number of aromatic nitrogens is 4. The smallest absolute Gasteiger partial charge is 0.223 e. The van der Waals surface area contributed by atoms with Crippen LogP contribution in [0.4, 0.5) is 0 Å². The van der Waals surface area contributed by atoms with Crippen LogP contribution in [0.1, 0.15) is 17.3 Å². The maximum atomic E-state index is 4.83. The lowest BCUT2D eigenvalue weighted by molar-refractivity contribution is 0.388. The SMILES string of the molecule is Cc1nc(Cc2cncnc2)no1. The second kappa shape index (κ2) is 3.30. The summed E-state index contributed by atoms with van der Waals surface area (Å²) in [7, 11) is 0. The molecule has 5 nitrogen and oxygen atoms in total. The predicted molar refractivity (Wildman–Crippen MR) is 43.9 cm³/mol. The van der Waals surface area contributed by atoms with Crippen LogP contribution in [0.3, 0.4) is 0 Å². The van der Waals surface area contributed by atoms with Gasteiger partial charge < -0.3 is 4.52 Å². The highest BCUT2D eigenvalue weighted by Crippen LogP contribution is 2.02. The Morgan fingerprint density at radius 3 is 2.69 bits per heavy atom. The molecule has 2 heterocycles. The third-order valence-corrected chi connectivity index (χ3v) is 1.55. The van der Waals surface area contributed by atoms with Gasteiger partial charge in [-0.15, -0.1) is 0 Å². The van der Waals surface area contributed by atoms with Gasteiger partial charge in [-0.25, -0.2) is 9.97 Å². The summed E-state index contributed by atoms with van der Waals surface area (Å²) in [5, 5.41) is 3.77. The second-order valence-corrected chi connectivity index (χ2v) is 2.65. The Morgan fingerprint density at radius 1 is 1.31 bits per heavy atom. The Balaban J connectivity index is 2.15. The zero-order chi connectivity index (χ0) is 9.10. The molecular formula is C8H8N4O. The van der Waals surface area contributed by atoms with Gasteiger partial charge in [0.15, 0.2) is 5.82 Å². The minimum atomic E-state index is 0.576. The first-order chi connectivity index (χ1) is 6.34. The molecule has 0 radical (unpaired) electrons. The monoisotopic (exact) mass is 176 g/mol. The number of aryl methyl sites for hydroxylation is 1. The van der Waals surface area contributed by atoms with Crippen LogP contribution in [0.15, 0.2) is 23.2 Å². The Bertz CT molecular complexity index is 384. The molecule has 0 aromatic carbocycles. The molecule has 0 atom stereocenters. The van der Waals surface area contributed by atoms with Crippen LogP contribution in [0.5, 0.6) is 0 Å². The van der Waals surface area contributed by atoms with Gasteiger partial charge >= 0.3 is 0 Å². The first kappa shape index (κ1) is 7.85. The van der Waals surface area contributed by atoms with Crippen molar-refractivity contribution < 1.29 is 4.52 Å². The van der Waals surface area contributed by atoms with Crippen molar-refractivity contribution in [1.29, 1.82) is 0 Å². The second-order valence-electron chi connectivity index (χ2n) is 2.65. The standard InChI is InChI=1S/C8H8N4O/c1-6-11-8(12-13-6)2-7-3-9-5-10-4-7/h3-5H,2H2,1H3. The van der Waals surface area contributed by atoms with E-state index in [0.717, 1.165) is 5.56 Å². The molecule has 2 aromatic rings. The van der Waals surface area contributed by atoms with Crippen molar-refractivity contribution in [1.82, 2.24) is 20.1 Å². The maximum Gasteiger partial charge on any atom is 0.223 e. The molecule has 0 amide bonds. The molecular weight excluding hydrogens is 168 g/mol. The number of nitrogens with zero attached hydrogens (tertiary/aromatic N) is 4. The van der Waals surface area contributed by atoms with E-state index in [-0.39, 0.29) is 0 Å². The molecule has 0 N–H and O–H groups in total. The summed E-state index contributed by atoms with van der Waals surface area (Å²) < 4.78 is 4.83. The molecule has 2 rings (SSSR count). The first-order valence-corrected chi connectivity index (χ1v) is 3.87. The van der Waals surface area contributed by atoms with Crippen molar-refractivity contribution in [3.63, 3.8) is 0 Å². The molecule has 0 bridgehead atoms. The lowest BCUT2D eigenvalue weighted by Gasteiger charge is -1.92. The van der Waals surface area contributed by atoms with Gasteiger partial charge in [-0.1, -0.05) is 5.16 Å². The fraction of sp³-hybridized carbons (Fsp3) is 0.250. The quantitative estimate of drug-likeness (QED) is 0.675. The highest BCUT2D eigenvalue weighted by molar-refractivity contribution is 5.09. The van der Waals surface area contributed by atoms with Crippen molar-refractivity contribution in [2.24, 2.45) is 0 Å². The van der Waals surface area contributed by atoms with E-state index in [4.69, 9.17) is 4.52 Å². The molecule has 0 fully saturated rings. The molecule has 0 saturated heterocycles.